The van der Waals surface area contributed by atoms with Gasteiger partial charge in [-0.15, -0.1) is 0 Å². The minimum Gasteiger partial charge on any atom is -0.289 e. The van der Waals surface area contributed by atoms with Gasteiger partial charge in [0.25, 0.3) is 0 Å². The fourth-order valence-electron chi connectivity index (χ4n) is 2.67. The highest BCUT2D eigenvalue weighted by atomic mass is 35.5. The molecule has 3 heteroatoms. The molecule has 2 aromatic carbocycles. The molecule has 0 saturated carbocycles. The topological polar surface area (TPSA) is 17.1 Å². The fourth-order valence-corrected chi connectivity index (χ4v) is 3.20. The minimum atomic E-state index is -0.0272. The second kappa shape index (κ2) is 5.82. The van der Waals surface area contributed by atoms with Crippen LogP contribution in [0, 0.1) is 34.6 Å². The molecule has 0 unspecified atom stereocenters. The summed E-state index contributed by atoms with van der Waals surface area (Å²) in [6.45, 7) is 10.2. The molecule has 0 radical (unpaired) electrons. The maximum atomic E-state index is 12.9. The fraction of sp³-hybridized carbons (Fsp3) is 0.278. The Hall–Kier alpha value is -1.31. The number of hydrogen-bond donors (Lipinski definition) is 0. The molecule has 0 aliphatic heterocycles. The SMILES string of the molecule is Cc1c(C)c(C)c(C(=O)c2cc(Cl)cc(Cl)c2)c(C)c1C. The largest absolute Gasteiger partial charge is 0.289 e. The molecule has 0 bridgehead atoms. The molecular formula is C18H18Cl2O. The van der Waals surface area contributed by atoms with Crippen molar-refractivity contribution in [1.29, 1.82) is 0 Å². The van der Waals surface area contributed by atoms with E-state index in [9.17, 15) is 4.79 Å². The zero-order valence-corrected chi connectivity index (χ0v) is 14.4. The van der Waals surface area contributed by atoms with Crippen LogP contribution in [0.1, 0.15) is 43.7 Å². The van der Waals surface area contributed by atoms with Crippen molar-refractivity contribution in [3.63, 3.8) is 0 Å². The van der Waals surface area contributed by atoms with Crippen LogP contribution in [-0.4, -0.2) is 5.78 Å². The van der Waals surface area contributed by atoms with Crippen LogP contribution in [0.5, 0.6) is 0 Å². The van der Waals surface area contributed by atoms with E-state index in [0.717, 1.165) is 27.8 Å². The summed E-state index contributed by atoms with van der Waals surface area (Å²) in [5, 5.41) is 0.948. The molecule has 0 spiro atoms. The molecule has 2 rings (SSSR count). The van der Waals surface area contributed by atoms with Crippen molar-refractivity contribution in [2.24, 2.45) is 0 Å². The van der Waals surface area contributed by atoms with E-state index >= 15 is 0 Å². The molecule has 21 heavy (non-hydrogen) atoms. The third-order valence-electron chi connectivity index (χ3n) is 4.35. The van der Waals surface area contributed by atoms with Gasteiger partial charge in [-0.2, -0.15) is 0 Å². The van der Waals surface area contributed by atoms with Crippen LogP contribution in [0.3, 0.4) is 0 Å². The third kappa shape index (κ3) is 2.86. The smallest absolute Gasteiger partial charge is 0.193 e. The molecule has 2 aromatic rings. The molecule has 0 amide bonds. The van der Waals surface area contributed by atoms with Gasteiger partial charge in [0.1, 0.15) is 0 Å². The van der Waals surface area contributed by atoms with Gasteiger partial charge >= 0.3 is 0 Å². The van der Waals surface area contributed by atoms with E-state index in [4.69, 9.17) is 23.2 Å². The molecular weight excluding hydrogens is 303 g/mol. The molecule has 0 N–H and O–H groups in total. The van der Waals surface area contributed by atoms with Gasteiger partial charge in [0.15, 0.2) is 5.78 Å². The Labute approximate surface area is 135 Å². The number of benzene rings is 2. The van der Waals surface area contributed by atoms with Gasteiger partial charge in [-0.1, -0.05) is 23.2 Å². The van der Waals surface area contributed by atoms with Crippen molar-refractivity contribution < 1.29 is 4.79 Å². The van der Waals surface area contributed by atoms with Crippen LogP contribution in [0.4, 0.5) is 0 Å². The molecule has 0 aromatic heterocycles. The second-order valence-corrected chi connectivity index (χ2v) is 6.36. The Balaban J connectivity index is 2.69. The predicted molar refractivity (Wildman–Crippen MR) is 90.0 cm³/mol. The summed E-state index contributed by atoms with van der Waals surface area (Å²) in [5.41, 5.74) is 6.90. The van der Waals surface area contributed by atoms with Crippen LogP contribution in [0.25, 0.3) is 0 Å². The Bertz CT molecular complexity index is 696. The standard InChI is InChI=1S/C18H18Cl2O/c1-9-10(2)12(4)17(13(5)11(9)3)18(21)14-6-15(19)8-16(20)7-14/h6-8H,1-5H3. The zero-order valence-electron chi connectivity index (χ0n) is 12.9. The first-order valence-corrected chi connectivity index (χ1v) is 7.57. The van der Waals surface area contributed by atoms with Crippen LogP contribution >= 0.6 is 23.2 Å². The van der Waals surface area contributed by atoms with Gasteiger partial charge in [0.05, 0.1) is 0 Å². The molecule has 0 saturated heterocycles. The van der Waals surface area contributed by atoms with Gasteiger partial charge in [0, 0.05) is 21.2 Å². The highest BCUT2D eigenvalue weighted by Gasteiger charge is 2.20. The van der Waals surface area contributed by atoms with E-state index in [1.165, 1.54) is 5.56 Å². The van der Waals surface area contributed by atoms with Gasteiger partial charge in [0.2, 0.25) is 0 Å². The van der Waals surface area contributed by atoms with Crippen LogP contribution in [0.2, 0.25) is 10.0 Å². The number of carbonyl (C=O) groups is 1. The first kappa shape index (κ1) is 16.1. The van der Waals surface area contributed by atoms with Crippen molar-refractivity contribution in [1.82, 2.24) is 0 Å². The predicted octanol–water partition coefficient (Wildman–Crippen LogP) is 5.77. The summed E-state index contributed by atoms with van der Waals surface area (Å²) in [6, 6.07) is 4.96. The van der Waals surface area contributed by atoms with Crippen LogP contribution in [0.15, 0.2) is 18.2 Å². The molecule has 0 heterocycles. The van der Waals surface area contributed by atoms with E-state index < -0.39 is 0 Å². The summed E-state index contributed by atoms with van der Waals surface area (Å²) in [7, 11) is 0. The van der Waals surface area contributed by atoms with Crippen molar-refractivity contribution in [2.45, 2.75) is 34.6 Å². The summed E-state index contributed by atoms with van der Waals surface area (Å²) in [4.78, 5) is 12.9. The number of carbonyl (C=O) groups excluding carboxylic acids is 1. The summed E-state index contributed by atoms with van der Waals surface area (Å²) < 4.78 is 0. The van der Waals surface area contributed by atoms with E-state index in [0.29, 0.717) is 15.6 Å². The average molecular weight is 321 g/mol. The van der Waals surface area contributed by atoms with Crippen molar-refractivity contribution in [3.05, 3.63) is 67.2 Å². The van der Waals surface area contributed by atoms with Gasteiger partial charge < -0.3 is 0 Å². The Morgan fingerprint density at radius 3 is 1.52 bits per heavy atom. The van der Waals surface area contributed by atoms with Crippen LogP contribution < -0.4 is 0 Å². The van der Waals surface area contributed by atoms with Crippen LogP contribution in [-0.2, 0) is 0 Å². The summed E-state index contributed by atoms with van der Waals surface area (Å²) >= 11 is 12.0. The number of halogens is 2. The van der Waals surface area contributed by atoms with E-state index in [2.05, 4.69) is 20.8 Å². The lowest BCUT2D eigenvalue weighted by Crippen LogP contribution is -2.10. The minimum absolute atomic E-state index is 0.0272. The lowest BCUT2D eigenvalue weighted by molar-refractivity contribution is 0.103. The van der Waals surface area contributed by atoms with E-state index in [-0.39, 0.29) is 5.78 Å². The van der Waals surface area contributed by atoms with Gasteiger partial charge in [-0.3, -0.25) is 4.79 Å². The van der Waals surface area contributed by atoms with Crippen molar-refractivity contribution in [2.75, 3.05) is 0 Å². The molecule has 0 atom stereocenters. The number of ketones is 1. The quantitative estimate of drug-likeness (QED) is 0.642. The number of rotatable bonds is 2. The molecule has 0 aliphatic carbocycles. The van der Waals surface area contributed by atoms with Gasteiger partial charge in [-0.25, -0.2) is 0 Å². The average Bonchev–Trinajstić information content (AvgIpc) is 2.42. The monoisotopic (exact) mass is 320 g/mol. The molecule has 0 aliphatic rings. The highest BCUT2D eigenvalue weighted by molar-refractivity contribution is 6.35. The Kier molecular flexibility index (Phi) is 4.46. The summed E-state index contributed by atoms with van der Waals surface area (Å²) in [6.07, 6.45) is 0. The van der Waals surface area contributed by atoms with Gasteiger partial charge in [-0.05, 0) is 80.6 Å². The normalized spacial score (nSPS) is 10.8. The lowest BCUT2D eigenvalue weighted by Gasteiger charge is -2.18. The molecule has 0 fully saturated rings. The maximum absolute atomic E-state index is 12.9. The van der Waals surface area contributed by atoms with E-state index in [1.54, 1.807) is 18.2 Å². The Morgan fingerprint density at radius 1 is 0.714 bits per heavy atom. The highest BCUT2D eigenvalue weighted by Crippen LogP contribution is 2.29. The van der Waals surface area contributed by atoms with Crippen molar-refractivity contribution >= 4 is 29.0 Å². The second-order valence-electron chi connectivity index (χ2n) is 5.49. The van der Waals surface area contributed by atoms with Crippen molar-refractivity contribution in [3.8, 4) is 0 Å². The number of hydrogen-bond acceptors (Lipinski definition) is 1. The van der Waals surface area contributed by atoms with E-state index in [1.807, 2.05) is 13.8 Å². The third-order valence-corrected chi connectivity index (χ3v) is 4.79. The first-order chi connectivity index (χ1) is 9.73. The molecule has 1 nitrogen and oxygen atoms in total. The first-order valence-electron chi connectivity index (χ1n) is 6.81. The maximum Gasteiger partial charge on any atom is 0.193 e. The Morgan fingerprint density at radius 2 is 1.10 bits per heavy atom. The lowest BCUT2D eigenvalue weighted by atomic mass is 9.86. The zero-order chi connectivity index (χ0) is 15.9. The summed E-state index contributed by atoms with van der Waals surface area (Å²) in [5.74, 6) is -0.0272. The molecule has 110 valence electrons.